The SMILES string of the molecule is CCSSc1cccc(N)c1. The van der Waals surface area contributed by atoms with E-state index >= 15 is 0 Å². The normalized spacial score (nSPS) is 9.91. The predicted octanol–water partition coefficient (Wildman–Crippen LogP) is 3.03. The number of nitrogens with two attached hydrogens (primary N) is 1. The molecule has 1 aromatic rings. The van der Waals surface area contributed by atoms with Crippen molar-refractivity contribution in [1.82, 2.24) is 0 Å². The topological polar surface area (TPSA) is 26.0 Å². The summed E-state index contributed by atoms with van der Waals surface area (Å²) in [6.45, 7) is 2.14. The molecule has 0 amide bonds. The van der Waals surface area contributed by atoms with Crippen LogP contribution in [0.4, 0.5) is 5.69 Å². The minimum atomic E-state index is 0.840. The first-order valence-electron chi connectivity index (χ1n) is 3.48. The molecule has 0 aromatic heterocycles. The molecule has 60 valence electrons. The third-order valence-electron chi connectivity index (χ3n) is 1.13. The predicted molar refractivity (Wildman–Crippen MR) is 54.8 cm³/mol. The summed E-state index contributed by atoms with van der Waals surface area (Å²) in [5, 5.41) is 0. The zero-order valence-corrected chi connectivity index (χ0v) is 8.04. The highest BCUT2D eigenvalue weighted by Crippen LogP contribution is 2.31. The van der Waals surface area contributed by atoms with E-state index in [1.807, 2.05) is 29.0 Å². The van der Waals surface area contributed by atoms with Crippen molar-refractivity contribution in [3.63, 3.8) is 0 Å². The summed E-state index contributed by atoms with van der Waals surface area (Å²) in [5.41, 5.74) is 6.45. The fourth-order valence-electron chi connectivity index (χ4n) is 0.693. The van der Waals surface area contributed by atoms with E-state index < -0.39 is 0 Å². The molecule has 0 bridgehead atoms. The lowest BCUT2D eigenvalue weighted by molar-refractivity contribution is 1.47. The molecule has 0 aliphatic heterocycles. The number of hydrogen-bond acceptors (Lipinski definition) is 3. The summed E-state index contributed by atoms with van der Waals surface area (Å²) >= 11 is 0. The lowest BCUT2D eigenvalue weighted by Crippen LogP contribution is -1.82. The van der Waals surface area contributed by atoms with Gasteiger partial charge >= 0.3 is 0 Å². The van der Waals surface area contributed by atoms with Gasteiger partial charge in [-0.15, -0.1) is 0 Å². The van der Waals surface area contributed by atoms with E-state index in [1.165, 1.54) is 4.90 Å². The Labute approximate surface area is 75.1 Å². The molecule has 1 nitrogen and oxygen atoms in total. The monoisotopic (exact) mass is 185 g/mol. The first kappa shape index (κ1) is 8.81. The Hall–Kier alpha value is -0.280. The molecule has 0 fully saturated rings. The van der Waals surface area contributed by atoms with Crippen LogP contribution in [-0.4, -0.2) is 5.75 Å². The van der Waals surface area contributed by atoms with Gasteiger partial charge in [0.25, 0.3) is 0 Å². The van der Waals surface area contributed by atoms with E-state index in [9.17, 15) is 0 Å². The highest BCUT2D eigenvalue weighted by molar-refractivity contribution is 8.76. The van der Waals surface area contributed by atoms with Crippen molar-refractivity contribution in [3.8, 4) is 0 Å². The molecule has 0 atom stereocenters. The lowest BCUT2D eigenvalue weighted by Gasteiger charge is -1.98. The number of rotatable bonds is 3. The van der Waals surface area contributed by atoms with Crippen molar-refractivity contribution in [2.75, 3.05) is 11.5 Å². The molecule has 3 heteroatoms. The van der Waals surface area contributed by atoms with Crippen LogP contribution in [-0.2, 0) is 0 Å². The number of hydrogen-bond donors (Lipinski definition) is 1. The quantitative estimate of drug-likeness (QED) is 0.579. The molecular formula is C8H11NS2. The molecule has 0 aliphatic rings. The maximum atomic E-state index is 5.61. The molecule has 0 aliphatic carbocycles. The molecule has 0 heterocycles. The largest absolute Gasteiger partial charge is 0.399 e. The Morgan fingerprint density at radius 1 is 1.45 bits per heavy atom. The Balaban J connectivity index is 2.56. The first-order valence-corrected chi connectivity index (χ1v) is 5.80. The zero-order chi connectivity index (χ0) is 8.10. The van der Waals surface area contributed by atoms with Gasteiger partial charge in [0.15, 0.2) is 0 Å². The molecule has 0 radical (unpaired) electrons. The molecule has 0 saturated carbocycles. The maximum absolute atomic E-state index is 5.61. The van der Waals surface area contributed by atoms with E-state index in [0.717, 1.165) is 11.4 Å². The summed E-state index contributed by atoms with van der Waals surface area (Å²) < 4.78 is 0. The van der Waals surface area contributed by atoms with E-state index in [0.29, 0.717) is 0 Å². The second-order valence-corrected chi connectivity index (χ2v) is 4.72. The van der Waals surface area contributed by atoms with Gasteiger partial charge in [0.05, 0.1) is 0 Å². The molecule has 0 spiro atoms. The second-order valence-electron chi connectivity index (χ2n) is 2.06. The Morgan fingerprint density at radius 2 is 2.27 bits per heavy atom. The summed E-state index contributed by atoms with van der Waals surface area (Å²) in [5.74, 6) is 1.12. The van der Waals surface area contributed by atoms with Crippen molar-refractivity contribution in [1.29, 1.82) is 0 Å². The van der Waals surface area contributed by atoms with Crippen molar-refractivity contribution in [3.05, 3.63) is 24.3 Å². The molecule has 0 unspecified atom stereocenters. The molecule has 11 heavy (non-hydrogen) atoms. The maximum Gasteiger partial charge on any atom is 0.0325 e. The van der Waals surface area contributed by atoms with Crippen molar-refractivity contribution >= 4 is 27.3 Å². The smallest absolute Gasteiger partial charge is 0.0325 e. The first-order chi connectivity index (χ1) is 5.33. The van der Waals surface area contributed by atoms with E-state index in [4.69, 9.17) is 5.73 Å². The minimum absolute atomic E-state index is 0.840. The molecule has 2 N–H and O–H groups in total. The van der Waals surface area contributed by atoms with Crippen molar-refractivity contribution in [2.45, 2.75) is 11.8 Å². The van der Waals surface area contributed by atoms with E-state index in [1.54, 1.807) is 10.8 Å². The van der Waals surface area contributed by atoms with Crippen LogP contribution in [0.25, 0.3) is 0 Å². The van der Waals surface area contributed by atoms with Gasteiger partial charge in [0.1, 0.15) is 0 Å². The molecule has 1 rings (SSSR count). The highest BCUT2D eigenvalue weighted by Gasteiger charge is 1.92. The van der Waals surface area contributed by atoms with Crippen LogP contribution in [0, 0.1) is 0 Å². The van der Waals surface area contributed by atoms with Gasteiger partial charge < -0.3 is 5.73 Å². The van der Waals surface area contributed by atoms with Crippen LogP contribution in [0.5, 0.6) is 0 Å². The fourth-order valence-corrected chi connectivity index (χ4v) is 2.34. The van der Waals surface area contributed by atoms with Gasteiger partial charge in [0.2, 0.25) is 0 Å². The third kappa shape index (κ3) is 3.08. The summed E-state index contributed by atoms with van der Waals surface area (Å²) in [7, 11) is 3.60. The Morgan fingerprint density at radius 3 is 2.91 bits per heavy atom. The van der Waals surface area contributed by atoms with Gasteiger partial charge in [0, 0.05) is 16.3 Å². The van der Waals surface area contributed by atoms with Crippen LogP contribution in [0.1, 0.15) is 6.92 Å². The minimum Gasteiger partial charge on any atom is -0.399 e. The average Bonchev–Trinajstić information content (AvgIpc) is 2.01. The van der Waals surface area contributed by atoms with Gasteiger partial charge in [-0.2, -0.15) is 0 Å². The lowest BCUT2D eigenvalue weighted by atomic mass is 10.3. The third-order valence-corrected chi connectivity index (χ3v) is 3.57. The molecular weight excluding hydrogens is 174 g/mol. The van der Waals surface area contributed by atoms with Gasteiger partial charge in [-0.3, -0.25) is 0 Å². The standard InChI is InChI=1S/C8H11NS2/c1-2-10-11-8-5-3-4-7(9)6-8/h3-6H,2,9H2,1H3. The van der Waals surface area contributed by atoms with Crippen LogP contribution in [0.3, 0.4) is 0 Å². The van der Waals surface area contributed by atoms with Crippen LogP contribution < -0.4 is 5.73 Å². The van der Waals surface area contributed by atoms with E-state index in [2.05, 4.69) is 13.0 Å². The van der Waals surface area contributed by atoms with Crippen LogP contribution in [0.2, 0.25) is 0 Å². The van der Waals surface area contributed by atoms with Gasteiger partial charge in [-0.05, 0) is 18.2 Å². The number of nitrogen functional groups attached to an aromatic ring is 1. The molecule has 1 aromatic carbocycles. The van der Waals surface area contributed by atoms with Gasteiger partial charge in [-0.1, -0.05) is 34.6 Å². The van der Waals surface area contributed by atoms with Crippen LogP contribution >= 0.6 is 21.6 Å². The van der Waals surface area contributed by atoms with Crippen molar-refractivity contribution < 1.29 is 0 Å². The van der Waals surface area contributed by atoms with Gasteiger partial charge in [-0.25, -0.2) is 0 Å². The summed E-state index contributed by atoms with van der Waals surface area (Å²) in [6, 6.07) is 7.95. The van der Waals surface area contributed by atoms with Crippen molar-refractivity contribution in [2.24, 2.45) is 0 Å². The molecule has 0 saturated heterocycles. The number of benzene rings is 1. The Bertz CT molecular complexity index is 225. The van der Waals surface area contributed by atoms with Crippen LogP contribution in [0.15, 0.2) is 29.2 Å². The zero-order valence-electron chi connectivity index (χ0n) is 6.41. The summed E-state index contributed by atoms with van der Waals surface area (Å²) in [4.78, 5) is 1.23. The number of anilines is 1. The highest BCUT2D eigenvalue weighted by atomic mass is 33.1. The van der Waals surface area contributed by atoms with E-state index in [-0.39, 0.29) is 0 Å². The fraction of sp³-hybridized carbons (Fsp3) is 0.250. The second kappa shape index (κ2) is 4.57. The average molecular weight is 185 g/mol. The Kier molecular flexibility index (Phi) is 3.66. The summed E-state index contributed by atoms with van der Waals surface area (Å²) in [6.07, 6.45) is 0.